The van der Waals surface area contributed by atoms with E-state index in [1.807, 2.05) is 24.3 Å². The first-order chi connectivity index (χ1) is 8.75. The third kappa shape index (κ3) is 3.98. The van der Waals surface area contributed by atoms with Crippen molar-refractivity contribution in [1.82, 2.24) is 10.6 Å². The SMILES string of the molecule is O=C(NCCc1cccc(Cl)c1)C1CNCCO1. The topological polar surface area (TPSA) is 50.4 Å². The van der Waals surface area contributed by atoms with Crippen LogP contribution >= 0.6 is 11.6 Å². The number of ether oxygens (including phenoxy) is 1. The molecule has 98 valence electrons. The van der Waals surface area contributed by atoms with Crippen LogP contribution in [0.4, 0.5) is 0 Å². The Morgan fingerprint density at radius 3 is 3.17 bits per heavy atom. The molecule has 0 aromatic heterocycles. The van der Waals surface area contributed by atoms with E-state index in [0.29, 0.717) is 19.7 Å². The summed E-state index contributed by atoms with van der Waals surface area (Å²) in [6, 6.07) is 7.65. The smallest absolute Gasteiger partial charge is 0.250 e. The minimum atomic E-state index is -0.363. The van der Waals surface area contributed by atoms with Gasteiger partial charge in [0.1, 0.15) is 6.10 Å². The first kappa shape index (κ1) is 13.3. The molecule has 1 unspecified atom stereocenters. The van der Waals surface area contributed by atoms with Crippen molar-refractivity contribution in [1.29, 1.82) is 0 Å². The van der Waals surface area contributed by atoms with Gasteiger partial charge in [0, 0.05) is 24.7 Å². The Morgan fingerprint density at radius 1 is 1.56 bits per heavy atom. The number of halogens is 1. The molecule has 18 heavy (non-hydrogen) atoms. The van der Waals surface area contributed by atoms with Crippen molar-refractivity contribution in [2.75, 3.05) is 26.2 Å². The summed E-state index contributed by atoms with van der Waals surface area (Å²) in [6.07, 6.45) is 0.407. The Morgan fingerprint density at radius 2 is 2.44 bits per heavy atom. The Hall–Kier alpha value is -1.10. The number of morpholine rings is 1. The molecule has 5 heteroatoms. The predicted molar refractivity (Wildman–Crippen MR) is 70.8 cm³/mol. The van der Waals surface area contributed by atoms with Crippen molar-refractivity contribution in [3.63, 3.8) is 0 Å². The minimum Gasteiger partial charge on any atom is -0.366 e. The molecule has 2 N–H and O–H groups in total. The van der Waals surface area contributed by atoms with Gasteiger partial charge in [0.05, 0.1) is 6.61 Å². The van der Waals surface area contributed by atoms with E-state index < -0.39 is 0 Å². The van der Waals surface area contributed by atoms with Crippen LogP contribution < -0.4 is 10.6 Å². The lowest BCUT2D eigenvalue weighted by molar-refractivity contribution is -0.134. The highest BCUT2D eigenvalue weighted by Gasteiger charge is 2.20. The number of hydrogen-bond acceptors (Lipinski definition) is 3. The molecule has 1 fully saturated rings. The molecular formula is C13H17ClN2O2. The lowest BCUT2D eigenvalue weighted by atomic mass is 10.1. The Balaban J connectivity index is 1.73. The molecule has 1 aliphatic rings. The van der Waals surface area contributed by atoms with Gasteiger partial charge in [0.15, 0.2) is 0 Å². The summed E-state index contributed by atoms with van der Waals surface area (Å²) in [5.74, 6) is -0.0516. The third-order valence-electron chi connectivity index (χ3n) is 2.82. The van der Waals surface area contributed by atoms with Gasteiger partial charge in [-0.15, -0.1) is 0 Å². The lowest BCUT2D eigenvalue weighted by Gasteiger charge is -2.22. The summed E-state index contributed by atoms with van der Waals surface area (Å²) in [4.78, 5) is 11.8. The molecule has 2 rings (SSSR count). The minimum absolute atomic E-state index is 0.0516. The molecule has 4 nitrogen and oxygen atoms in total. The molecule has 1 atom stereocenters. The van der Waals surface area contributed by atoms with E-state index in [0.717, 1.165) is 23.6 Å². The third-order valence-corrected chi connectivity index (χ3v) is 3.06. The zero-order chi connectivity index (χ0) is 12.8. The van der Waals surface area contributed by atoms with Gasteiger partial charge >= 0.3 is 0 Å². The van der Waals surface area contributed by atoms with E-state index in [4.69, 9.17) is 16.3 Å². The summed E-state index contributed by atoms with van der Waals surface area (Å²) in [7, 11) is 0. The van der Waals surface area contributed by atoms with Gasteiger partial charge in [-0.1, -0.05) is 23.7 Å². The lowest BCUT2D eigenvalue weighted by Crippen LogP contribution is -2.48. The molecule has 1 saturated heterocycles. The van der Waals surface area contributed by atoms with E-state index >= 15 is 0 Å². The van der Waals surface area contributed by atoms with E-state index in [2.05, 4.69) is 10.6 Å². The van der Waals surface area contributed by atoms with Crippen LogP contribution in [0.25, 0.3) is 0 Å². The van der Waals surface area contributed by atoms with Crippen molar-refractivity contribution < 1.29 is 9.53 Å². The van der Waals surface area contributed by atoms with Gasteiger partial charge in [-0.25, -0.2) is 0 Å². The zero-order valence-corrected chi connectivity index (χ0v) is 10.9. The number of benzene rings is 1. The number of hydrogen-bond donors (Lipinski definition) is 2. The number of amides is 1. The van der Waals surface area contributed by atoms with Crippen molar-refractivity contribution in [3.05, 3.63) is 34.9 Å². The Kier molecular flexibility index (Phi) is 4.99. The fourth-order valence-electron chi connectivity index (χ4n) is 1.87. The molecule has 0 aliphatic carbocycles. The highest BCUT2D eigenvalue weighted by atomic mass is 35.5. The molecule has 1 heterocycles. The quantitative estimate of drug-likeness (QED) is 0.856. The van der Waals surface area contributed by atoms with E-state index in [-0.39, 0.29) is 12.0 Å². The van der Waals surface area contributed by atoms with Crippen LogP contribution in [0.1, 0.15) is 5.56 Å². The summed E-state index contributed by atoms with van der Waals surface area (Å²) >= 11 is 5.89. The summed E-state index contributed by atoms with van der Waals surface area (Å²) in [6.45, 7) is 2.58. The van der Waals surface area contributed by atoms with Crippen LogP contribution in [-0.2, 0) is 16.0 Å². The van der Waals surface area contributed by atoms with Crippen LogP contribution in [0.2, 0.25) is 5.02 Å². The van der Waals surface area contributed by atoms with Crippen molar-refractivity contribution in [2.24, 2.45) is 0 Å². The fraction of sp³-hybridized carbons (Fsp3) is 0.462. The van der Waals surface area contributed by atoms with E-state index in [9.17, 15) is 4.79 Å². The summed E-state index contributed by atoms with van der Waals surface area (Å²) < 4.78 is 5.37. The van der Waals surface area contributed by atoms with Crippen LogP contribution in [0, 0.1) is 0 Å². The summed E-state index contributed by atoms with van der Waals surface area (Å²) in [5.41, 5.74) is 1.12. The highest BCUT2D eigenvalue weighted by molar-refractivity contribution is 6.30. The molecular weight excluding hydrogens is 252 g/mol. The van der Waals surface area contributed by atoms with Crippen LogP contribution in [0.5, 0.6) is 0 Å². The van der Waals surface area contributed by atoms with Crippen LogP contribution in [-0.4, -0.2) is 38.3 Å². The average molecular weight is 269 g/mol. The van der Waals surface area contributed by atoms with Gasteiger partial charge in [-0.3, -0.25) is 4.79 Å². The second-order valence-electron chi connectivity index (χ2n) is 4.23. The number of rotatable bonds is 4. The molecule has 0 saturated carbocycles. The maximum atomic E-state index is 11.8. The van der Waals surface area contributed by atoms with Crippen LogP contribution in [0.15, 0.2) is 24.3 Å². The first-order valence-electron chi connectivity index (χ1n) is 6.10. The van der Waals surface area contributed by atoms with Crippen molar-refractivity contribution >= 4 is 17.5 Å². The fourth-order valence-corrected chi connectivity index (χ4v) is 2.08. The number of carbonyl (C=O) groups excluding carboxylic acids is 1. The second kappa shape index (κ2) is 6.73. The first-order valence-corrected chi connectivity index (χ1v) is 6.48. The maximum absolute atomic E-state index is 11.8. The number of nitrogens with one attached hydrogen (secondary N) is 2. The molecule has 0 spiro atoms. The zero-order valence-electron chi connectivity index (χ0n) is 10.1. The van der Waals surface area contributed by atoms with Gasteiger partial charge < -0.3 is 15.4 Å². The molecule has 0 radical (unpaired) electrons. The molecule has 0 bridgehead atoms. The average Bonchev–Trinajstić information content (AvgIpc) is 2.40. The highest BCUT2D eigenvalue weighted by Crippen LogP contribution is 2.10. The predicted octanol–water partition coefficient (Wildman–Crippen LogP) is 0.987. The Labute approximate surface area is 112 Å². The van der Waals surface area contributed by atoms with E-state index in [1.54, 1.807) is 0 Å². The van der Waals surface area contributed by atoms with E-state index in [1.165, 1.54) is 0 Å². The number of carbonyl (C=O) groups is 1. The van der Waals surface area contributed by atoms with Gasteiger partial charge in [-0.05, 0) is 24.1 Å². The Bertz CT molecular complexity index is 406. The van der Waals surface area contributed by atoms with Gasteiger partial charge in [0.25, 0.3) is 0 Å². The second-order valence-corrected chi connectivity index (χ2v) is 4.67. The standard InChI is InChI=1S/C13H17ClN2O2/c14-11-3-1-2-10(8-11)4-5-16-13(17)12-9-15-6-7-18-12/h1-3,8,12,15H,4-7,9H2,(H,16,17). The maximum Gasteiger partial charge on any atom is 0.250 e. The van der Waals surface area contributed by atoms with Crippen molar-refractivity contribution in [3.8, 4) is 0 Å². The molecule has 1 aromatic rings. The van der Waals surface area contributed by atoms with Crippen molar-refractivity contribution in [2.45, 2.75) is 12.5 Å². The van der Waals surface area contributed by atoms with Crippen LogP contribution in [0.3, 0.4) is 0 Å². The molecule has 1 aliphatic heterocycles. The van der Waals surface area contributed by atoms with Gasteiger partial charge in [-0.2, -0.15) is 0 Å². The molecule has 1 aromatic carbocycles. The van der Waals surface area contributed by atoms with Gasteiger partial charge in [0.2, 0.25) is 5.91 Å². The monoisotopic (exact) mass is 268 g/mol. The summed E-state index contributed by atoms with van der Waals surface area (Å²) in [5, 5.41) is 6.72. The normalized spacial score (nSPS) is 19.5. The molecule has 1 amide bonds. The largest absolute Gasteiger partial charge is 0.366 e.